The van der Waals surface area contributed by atoms with Gasteiger partial charge in [-0.2, -0.15) is 5.10 Å². The minimum absolute atomic E-state index is 0.0878. The van der Waals surface area contributed by atoms with Crippen LogP contribution >= 0.6 is 0 Å². The second kappa shape index (κ2) is 7.44. The highest BCUT2D eigenvalue weighted by molar-refractivity contribution is 6.27. The SMILES string of the molecule is CC1(n2cc(Cc3ccc4c5c(cccc35)C(=O)N4C3CCC(=O)NC3=O)cn2)CCN(C(=O)C23C4C5C6C4C2C6C53)CC1. The van der Waals surface area contributed by atoms with E-state index in [4.69, 9.17) is 5.10 Å². The van der Waals surface area contributed by atoms with Gasteiger partial charge in [0.2, 0.25) is 17.7 Å². The summed E-state index contributed by atoms with van der Waals surface area (Å²) in [5.41, 5.74) is 3.49. The molecule has 0 spiro atoms. The first-order valence-corrected chi connectivity index (χ1v) is 16.4. The lowest BCUT2D eigenvalue weighted by molar-refractivity contribution is -0.597. The third-order valence-corrected chi connectivity index (χ3v) is 13.9. The lowest BCUT2D eigenvalue weighted by atomic mass is 8.96. The van der Waals surface area contributed by atoms with Crippen molar-refractivity contribution in [3.63, 3.8) is 0 Å². The van der Waals surface area contributed by atoms with Crippen LogP contribution in [0.5, 0.6) is 0 Å². The molecule has 1 unspecified atom stereocenters. The molecule has 4 heterocycles. The molecule has 2 aromatic carbocycles. The molecule has 44 heavy (non-hydrogen) atoms. The van der Waals surface area contributed by atoms with E-state index in [0.29, 0.717) is 24.3 Å². The first-order valence-electron chi connectivity index (χ1n) is 16.4. The van der Waals surface area contributed by atoms with Crippen molar-refractivity contribution in [3.05, 3.63) is 59.4 Å². The van der Waals surface area contributed by atoms with Gasteiger partial charge in [-0.05, 0) is 96.3 Å². The minimum Gasteiger partial charge on any atom is -0.342 e. The Balaban J connectivity index is 0.825. The number of anilines is 1. The van der Waals surface area contributed by atoms with E-state index in [1.165, 1.54) is 0 Å². The highest BCUT2D eigenvalue weighted by Crippen LogP contribution is 3.06. The van der Waals surface area contributed by atoms with E-state index in [-0.39, 0.29) is 29.2 Å². The standard InChI is InChI=1S/C35H33N5O4/c1-34(9-11-38(12-10-34)33(44)35-28-25-24-26(28)30(35)27(24)29(25)35)39-15-16(14-36-39)13-17-5-6-20-23-18(17)3-2-4-19(23)32(43)40(20)21-7-8-22(41)37-31(21)42/h2-6,14-15,21,24-30H,7-13H2,1H3,(H,37,41,42). The Labute approximate surface area is 253 Å². The van der Waals surface area contributed by atoms with E-state index in [0.717, 1.165) is 94.9 Å². The molecule has 6 aliphatic carbocycles. The van der Waals surface area contributed by atoms with Crippen LogP contribution in [0.3, 0.4) is 0 Å². The lowest BCUT2D eigenvalue weighted by Crippen LogP contribution is -3.07. The van der Waals surface area contributed by atoms with E-state index in [9.17, 15) is 19.2 Å². The number of piperidine rings is 2. The van der Waals surface area contributed by atoms with Crippen molar-refractivity contribution in [1.29, 1.82) is 0 Å². The Kier molecular flexibility index (Phi) is 4.11. The molecule has 8 fully saturated rings. The molecule has 1 aromatic heterocycles. The van der Waals surface area contributed by atoms with E-state index >= 15 is 0 Å². The zero-order chi connectivity index (χ0) is 29.4. The van der Waals surface area contributed by atoms with E-state index in [1.807, 2.05) is 36.5 Å². The maximum atomic E-state index is 13.7. The van der Waals surface area contributed by atoms with Crippen molar-refractivity contribution in [1.82, 2.24) is 20.0 Å². The third kappa shape index (κ3) is 2.41. The van der Waals surface area contributed by atoms with Crippen molar-refractivity contribution in [2.75, 3.05) is 18.0 Å². The number of amides is 4. The fraction of sp³-hybridized carbons (Fsp3) is 0.514. The molecule has 9 aliphatic rings. The average Bonchev–Trinajstić information content (AvgIpc) is 3.63. The average molecular weight is 588 g/mol. The zero-order valence-electron chi connectivity index (χ0n) is 24.5. The maximum absolute atomic E-state index is 13.7. The molecular weight excluding hydrogens is 554 g/mol. The van der Waals surface area contributed by atoms with Crippen LogP contribution in [-0.4, -0.2) is 57.4 Å². The van der Waals surface area contributed by atoms with Crippen LogP contribution in [0.15, 0.2) is 42.7 Å². The number of hydrogen-bond acceptors (Lipinski definition) is 5. The van der Waals surface area contributed by atoms with Crippen LogP contribution in [0, 0.1) is 46.8 Å². The van der Waals surface area contributed by atoms with Crippen LogP contribution in [0.4, 0.5) is 5.69 Å². The fourth-order valence-electron chi connectivity index (χ4n) is 12.0. The smallest absolute Gasteiger partial charge is 0.259 e. The van der Waals surface area contributed by atoms with Crippen LogP contribution in [0.2, 0.25) is 0 Å². The number of aromatic nitrogens is 2. The maximum Gasteiger partial charge on any atom is 0.259 e. The number of likely N-dealkylation sites (tertiary alicyclic amines) is 1. The molecule has 3 aliphatic heterocycles. The highest BCUT2D eigenvalue weighted by Gasteiger charge is 3.06. The van der Waals surface area contributed by atoms with Crippen LogP contribution in [0.1, 0.15) is 54.1 Å². The molecule has 6 saturated carbocycles. The first kappa shape index (κ1) is 24.3. The second-order valence-electron chi connectivity index (χ2n) is 15.2. The molecular formula is C35H33N5O4. The van der Waals surface area contributed by atoms with E-state index in [1.54, 1.807) is 4.90 Å². The van der Waals surface area contributed by atoms with Gasteiger partial charge in [0, 0.05) is 43.1 Å². The van der Waals surface area contributed by atoms with Gasteiger partial charge in [-0.25, -0.2) is 0 Å². The summed E-state index contributed by atoms with van der Waals surface area (Å²) >= 11 is 0. The molecule has 3 aromatic rings. The van der Waals surface area contributed by atoms with Gasteiger partial charge >= 0.3 is 0 Å². The summed E-state index contributed by atoms with van der Waals surface area (Å²) in [4.78, 5) is 55.4. The normalized spacial score (nSPS) is 39.2. The molecule has 2 saturated heterocycles. The lowest BCUT2D eigenvalue weighted by Gasteiger charge is -3.06. The number of benzene rings is 2. The molecule has 0 bridgehead atoms. The number of nitrogens with zero attached hydrogens (tertiary/aromatic N) is 4. The van der Waals surface area contributed by atoms with Crippen molar-refractivity contribution in [3.8, 4) is 0 Å². The molecule has 9 heteroatoms. The van der Waals surface area contributed by atoms with Crippen molar-refractivity contribution in [2.45, 2.75) is 50.6 Å². The van der Waals surface area contributed by atoms with Gasteiger partial charge in [0.05, 0.1) is 22.8 Å². The Morgan fingerprint density at radius 3 is 2.48 bits per heavy atom. The second-order valence-corrected chi connectivity index (χ2v) is 15.2. The van der Waals surface area contributed by atoms with Gasteiger partial charge in [-0.1, -0.05) is 18.2 Å². The van der Waals surface area contributed by atoms with Crippen LogP contribution in [0.25, 0.3) is 10.8 Å². The van der Waals surface area contributed by atoms with Gasteiger partial charge < -0.3 is 4.90 Å². The largest absolute Gasteiger partial charge is 0.342 e. The summed E-state index contributed by atoms with van der Waals surface area (Å²) in [6, 6.07) is 9.06. The van der Waals surface area contributed by atoms with Gasteiger partial charge in [0.25, 0.3) is 5.91 Å². The van der Waals surface area contributed by atoms with Gasteiger partial charge in [0.15, 0.2) is 0 Å². The monoisotopic (exact) mass is 587 g/mol. The van der Waals surface area contributed by atoms with E-state index in [2.05, 4.69) is 28.0 Å². The predicted molar refractivity (Wildman–Crippen MR) is 158 cm³/mol. The fourth-order valence-corrected chi connectivity index (χ4v) is 12.0. The number of imide groups is 1. The number of carbonyl (C=O) groups is 4. The number of hydrogen-bond donors (Lipinski definition) is 1. The van der Waals surface area contributed by atoms with E-state index < -0.39 is 11.9 Å². The summed E-state index contributed by atoms with van der Waals surface area (Å²) in [6.07, 6.45) is 7.13. The summed E-state index contributed by atoms with van der Waals surface area (Å²) in [6.45, 7) is 3.90. The predicted octanol–water partition coefficient (Wildman–Crippen LogP) is 3.10. The Hall–Kier alpha value is -4.01. The summed E-state index contributed by atoms with van der Waals surface area (Å²) in [5.74, 6) is 5.68. The van der Waals surface area contributed by atoms with Crippen molar-refractivity contribution >= 4 is 40.1 Å². The van der Waals surface area contributed by atoms with Gasteiger partial charge in [0.1, 0.15) is 6.04 Å². The highest BCUT2D eigenvalue weighted by atomic mass is 16.2. The first-order chi connectivity index (χ1) is 21.3. The summed E-state index contributed by atoms with van der Waals surface area (Å²) in [7, 11) is 0. The molecule has 9 nitrogen and oxygen atoms in total. The quantitative estimate of drug-likeness (QED) is 0.462. The molecule has 1 atom stereocenters. The molecule has 12 rings (SSSR count). The number of carbonyl (C=O) groups excluding carboxylic acids is 4. The van der Waals surface area contributed by atoms with Gasteiger partial charge in [-0.3, -0.25) is 34.1 Å². The van der Waals surface area contributed by atoms with Crippen LogP contribution < -0.4 is 10.2 Å². The number of rotatable bonds is 5. The van der Waals surface area contributed by atoms with Crippen LogP contribution in [-0.2, 0) is 26.3 Å². The minimum atomic E-state index is -0.691. The summed E-state index contributed by atoms with van der Waals surface area (Å²) in [5, 5.41) is 9.08. The zero-order valence-corrected chi connectivity index (χ0v) is 24.5. The van der Waals surface area contributed by atoms with Crippen molar-refractivity contribution < 1.29 is 19.2 Å². The van der Waals surface area contributed by atoms with Crippen molar-refractivity contribution in [2.24, 2.45) is 46.8 Å². The molecule has 222 valence electrons. The Morgan fingerprint density at radius 2 is 1.75 bits per heavy atom. The molecule has 1 N–H and O–H groups in total. The molecule has 0 radical (unpaired) electrons. The number of nitrogens with one attached hydrogen (secondary N) is 1. The third-order valence-electron chi connectivity index (χ3n) is 13.9. The Bertz CT molecular complexity index is 1870. The Morgan fingerprint density at radius 1 is 1.00 bits per heavy atom. The topological polar surface area (TPSA) is 105 Å². The summed E-state index contributed by atoms with van der Waals surface area (Å²) < 4.78 is 2.11. The van der Waals surface area contributed by atoms with Gasteiger partial charge in [-0.15, -0.1) is 0 Å². The molecule has 4 amide bonds.